The van der Waals surface area contributed by atoms with Gasteiger partial charge in [0, 0.05) is 12.1 Å². The van der Waals surface area contributed by atoms with Crippen LogP contribution in [0, 0.1) is 0 Å². The lowest BCUT2D eigenvalue weighted by molar-refractivity contribution is -0.130. The summed E-state index contributed by atoms with van der Waals surface area (Å²) < 4.78 is 5.20. The molecular weight excluding hydrogens is 348 g/mol. The van der Waals surface area contributed by atoms with E-state index in [4.69, 9.17) is 4.74 Å². The number of hydrogen-bond acceptors (Lipinski definition) is 5. The second kappa shape index (κ2) is 7.90. The molecule has 7 nitrogen and oxygen atoms in total. The quantitative estimate of drug-likeness (QED) is 0.610. The summed E-state index contributed by atoms with van der Waals surface area (Å²) in [5.41, 5.74) is 0.159. The number of amides is 3. The van der Waals surface area contributed by atoms with Crippen molar-refractivity contribution >= 4 is 23.7 Å². The maximum absolute atomic E-state index is 12.5. The van der Waals surface area contributed by atoms with E-state index in [2.05, 4.69) is 5.32 Å². The Bertz CT molecular complexity index is 779. The van der Waals surface area contributed by atoms with Crippen LogP contribution in [0.2, 0.25) is 0 Å². The van der Waals surface area contributed by atoms with Crippen molar-refractivity contribution < 1.29 is 23.9 Å². The minimum absolute atomic E-state index is 0.127. The van der Waals surface area contributed by atoms with Crippen LogP contribution in [-0.2, 0) is 9.53 Å². The summed E-state index contributed by atoms with van der Waals surface area (Å²) in [5.74, 6) is -1.88. The molecule has 0 saturated carbocycles. The van der Waals surface area contributed by atoms with Gasteiger partial charge in [0.05, 0.1) is 16.7 Å². The molecule has 7 heteroatoms. The van der Waals surface area contributed by atoms with Gasteiger partial charge in [0.15, 0.2) is 6.10 Å². The third-order valence-electron chi connectivity index (χ3n) is 4.09. The predicted molar refractivity (Wildman–Crippen MR) is 99.5 cm³/mol. The predicted octanol–water partition coefficient (Wildman–Crippen LogP) is 2.54. The highest BCUT2D eigenvalue weighted by Crippen LogP contribution is 2.25. The molecule has 2 rings (SSSR count). The number of ether oxygens (including phenoxy) is 1. The molecule has 1 aromatic carbocycles. The van der Waals surface area contributed by atoms with Crippen molar-refractivity contribution in [2.75, 3.05) is 6.54 Å². The van der Waals surface area contributed by atoms with E-state index in [0.29, 0.717) is 6.54 Å². The third-order valence-corrected chi connectivity index (χ3v) is 4.09. The van der Waals surface area contributed by atoms with Gasteiger partial charge in [0.2, 0.25) is 0 Å². The van der Waals surface area contributed by atoms with E-state index < -0.39 is 29.4 Å². The Balaban J connectivity index is 2.13. The van der Waals surface area contributed by atoms with Crippen molar-refractivity contribution in [2.45, 2.75) is 59.1 Å². The fourth-order valence-corrected chi connectivity index (χ4v) is 2.69. The Hall–Kier alpha value is -2.70. The first-order valence-corrected chi connectivity index (χ1v) is 9.08. The molecule has 3 amide bonds. The normalized spacial score (nSPS) is 14.8. The van der Waals surface area contributed by atoms with E-state index in [-0.39, 0.29) is 22.6 Å². The smallest absolute Gasteiger partial charge is 0.338 e. The lowest BCUT2D eigenvalue weighted by atomic mass is 10.1. The number of nitrogens with one attached hydrogen (secondary N) is 1. The lowest BCUT2D eigenvalue weighted by Gasteiger charge is -2.23. The van der Waals surface area contributed by atoms with Gasteiger partial charge in [0.25, 0.3) is 17.7 Å². The summed E-state index contributed by atoms with van der Waals surface area (Å²) in [6, 6.07) is 4.25. The zero-order chi connectivity index (χ0) is 20.4. The molecule has 146 valence electrons. The van der Waals surface area contributed by atoms with Crippen LogP contribution in [0.1, 0.15) is 78.5 Å². The average Bonchev–Trinajstić information content (AvgIpc) is 2.82. The number of fused-ring (bicyclic) bond motifs is 1. The number of unbranched alkanes of at least 4 members (excludes halogenated alkanes) is 1. The van der Waals surface area contributed by atoms with Gasteiger partial charge < -0.3 is 10.1 Å². The third kappa shape index (κ3) is 4.72. The number of carbonyl (C=O) groups excluding carboxylic acids is 4. The summed E-state index contributed by atoms with van der Waals surface area (Å²) in [6.45, 7) is 9.29. The Kier molecular flexibility index (Phi) is 6.03. The number of benzene rings is 1. The SMILES string of the molecule is CCCCN1C(=O)c2ccc(C(=O)O[C@H](C)C(=O)NC(C)(C)C)cc2C1=O. The molecule has 0 spiro atoms. The molecule has 1 aliphatic rings. The molecule has 1 aromatic rings. The van der Waals surface area contributed by atoms with E-state index in [1.165, 1.54) is 30.0 Å². The molecule has 0 fully saturated rings. The maximum atomic E-state index is 12.5. The Morgan fingerprint density at radius 3 is 2.37 bits per heavy atom. The van der Waals surface area contributed by atoms with Crippen molar-refractivity contribution in [1.82, 2.24) is 10.2 Å². The van der Waals surface area contributed by atoms with Crippen molar-refractivity contribution in [3.05, 3.63) is 34.9 Å². The van der Waals surface area contributed by atoms with Gasteiger partial charge in [-0.15, -0.1) is 0 Å². The Morgan fingerprint density at radius 1 is 1.15 bits per heavy atom. The second-order valence-electron chi connectivity index (χ2n) is 7.66. The topological polar surface area (TPSA) is 92.8 Å². The Labute approximate surface area is 159 Å². The van der Waals surface area contributed by atoms with Gasteiger partial charge >= 0.3 is 5.97 Å². The maximum Gasteiger partial charge on any atom is 0.338 e. The highest BCUT2D eigenvalue weighted by atomic mass is 16.5. The standard InChI is InChI=1S/C20H26N2O5/c1-6-7-10-22-17(24)14-9-8-13(11-15(14)18(22)25)19(26)27-12(2)16(23)21-20(3,4)5/h8-9,11-12H,6-7,10H2,1-5H3,(H,21,23)/t12-/m1/s1. The van der Waals surface area contributed by atoms with Gasteiger partial charge in [-0.1, -0.05) is 13.3 Å². The second-order valence-corrected chi connectivity index (χ2v) is 7.66. The molecule has 0 saturated heterocycles. The van der Waals surface area contributed by atoms with Gasteiger partial charge in [0.1, 0.15) is 0 Å². The molecule has 1 aliphatic heterocycles. The fraction of sp³-hybridized carbons (Fsp3) is 0.500. The van der Waals surface area contributed by atoms with Crippen LogP contribution in [0.3, 0.4) is 0 Å². The minimum Gasteiger partial charge on any atom is -0.449 e. The number of carbonyl (C=O) groups is 4. The first-order valence-electron chi connectivity index (χ1n) is 9.08. The van der Waals surface area contributed by atoms with Crippen LogP contribution in [0.4, 0.5) is 0 Å². The first-order chi connectivity index (χ1) is 12.5. The van der Waals surface area contributed by atoms with Gasteiger partial charge in [-0.25, -0.2) is 4.79 Å². The highest BCUT2D eigenvalue weighted by molar-refractivity contribution is 6.22. The molecule has 0 aliphatic carbocycles. The van der Waals surface area contributed by atoms with E-state index in [0.717, 1.165) is 12.8 Å². The van der Waals surface area contributed by atoms with Crippen LogP contribution >= 0.6 is 0 Å². The van der Waals surface area contributed by atoms with E-state index in [1.54, 1.807) is 0 Å². The highest BCUT2D eigenvalue weighted by Gasteiger charge is 2.35. The van der Waals surface area contributed by atoms with Gasteiger partial charge in [-0.2, -0.15) is 0 Å². The molecule has 0 aromatic heterocycles. The zero-order valence-electron chi connectivity index (χ0n) is 16.4. The molecule has 0 bridgehead atoms. The van der Waals surface area contributed by atoms with Crippen molar-refractivity contribution in [1.29, 1.82) is 0 Å². The average molecular weight is 374 g/mol. The van der Waals surface area contributed by atoms with Gasteiger partial charge in [-0.05, 0) is 52.3 Å². The monoisotopic (exact) mass is 374 g/mol. The largest absolute Gasteiger partial charge is 0.449 e. The summed E-state index contributed by atoms with van der Waals surface area (Å²) in [5, 5.41) is 2.73. The zero-order valence-corrected chi connectivity index (χ0v) is 16.4. The summed E-state index contributed by atoms with van der Waals surface area (Å²) >= 11 is 0. The molecular formula is C20H26N2O5. The molecule has 1 heterocycles. The van der Waals surface area contributed by atoms with Crippen molar-refractivity contribution in [2.24, 2.45) is 0 Å². The van der Waals surface area contributed by atoms with Crippen LogP contribution in [0.25, 0.3) is 0 Å². The summed E-state index contributed by atoms with van der Waals surface area (Å²) in [6.07, 6.45) is 0.601. The minimum atomic E-state index is -0.983. The van der Waals surface area contributed by atoms with Crippen LogP contribution in [-0.4, -0.2) is 46.8 Å². The number of hydrogen-bond donors (Lipinski definition) is 1. The van der Waals surface area contributed by atoms with Crippen LogP contribution in [0.15, 0.2) is 18.2 Å². The summed E-state index contributed by atoms with van der Waals surface area (Å²) in [7, 11) is 0. The fourth-order valence-electron chi connectivity index (χ4n) is 2.69. The molecule has 1 N–H and O–H groups in total. The number of esters is 1. The van der Waals surface area contributed by atoms with E-state index in [1.807, 2.05) is 27.7 Å². The molecule has 27 heavy (non-hydrogen) atoms. The first kappa shape index (κ1) is 20.6. The van der Waals surface area contributed by atoms with Crippen LogP contribution < -0.4 is 5.32 Å². The number of rotatable bonds is 6. The number of nitrogens with zero attached hydrogens (tertiary/aromatic N) is 1. The van der Waals surface area contributed by atoms with E-state index >= 15 is 0 Å². The van der Waals surface area contributed by atoms with Gasteiger partial charge in [-0.3, -0.25) is 19.3 Å². The van der Waals surface area contributed by atoms with Crippen LogP contribution in [0.5, 0.6) is 0 Å². The molecule has 1 atom stereocenters. The van der Waals surface area contributed by atoms with Crippen molar-refractivity contribution in [3.8, 4) is 0 Å². The lowest BCUT2D eigenvalue weighted by Crippen LogP contribution is -2.46. The molecule has 0 radical (unpaired) electrons. The van der Waals surface area contributed by atoms with E-state index in [9.17, 15) is 19.2 Å². The summed E-state index contributed by atoms with van der Waals surface area (Å²) in [4.78, 5) is 50.4. The number of imide groups is 1. The Morgan fingerprint density at radius 2 is 1.78 bits per heavy atom. The van der Waals surface area contributed by atoms with Crippen molar-refractivity contribution in [3.63, 3.8) is 0 Å². The molecule has 0 unspecified atom stereocenters.